The monoisotopic (exact) mass is 291 g/mol. The third-order valence-corrected chi connectivity index (χ3v) is 4.36. The minimum Gasteiger partial charge on any atom is -0.492 e. The summed E-state index contributed by atoms with van der Waals surface area (Å²) in [4.78, 5) is 0. The first-order valence-corrected chi connectivity index (χ1v) is 7.99. The number of aryl methyl sites for hydroxylation is 1. The third kappa shape index (κ3) is 3.33. The van der Waals surface area contributed by atoms with Gasteiger partial charge in [-0.15, -0.1) is 0 Å². The van der Waals surface area contributed by atoms with E-state index in [1.165, 1.54) is 5.56 Å². The first-order chi connectivity index (χ1) is 10.2. The molecule has 1 aromatic carbocycles. The van der Waals surface area contributed by atoms with Crippen LogP contribution >= 0.6 is 0 Å². The fraction of sp³-hybridized carbons (Fsp3) is 0.647. The topological polar surface area (TPSA) is 39.7 Å². The number of ether oxygens (including phenoxy) is 3. The van der Waals surface area contributed by atoms with Crippen molar-refractivity contribution in [2.45, 2.75) is 51.4 Å². The summed E-state index contributed by atoms with van der Waals surface area (Å²) in [5, 5.41) is 3.63. The summed E-state index contributed by atoms with van der Waals surface area (Å²) >= 11 is 0. The Morgan fingerprint density at radius 3 is 2.62 bits per heavy atom. The Bertz CT molecular complexity index is 473. The summed E-state index contributed by atoms with van der Waals surface area (Å²) in [7, 11) is 0. The largest absolute Gasteiger partial charge is 0.492 e. The molecule has 0 bridgehead atoms. The van der Waals surface area contributed by atoms with E-state index in [0.717, 1.165) is 50.3 Å². The van der Waals surface area contributed by atoms with E-state index in [9.17, 15) is 0 Å². The van der Waals surface area contributed by atoms with Gasteiger partial charge in [0.1, 0.15) is 5.75 Å². The van der Waals surface area contributed by atoms with Gasteiger partial charge in [0.15, 0.2) is 5.79 Å². The third-order valence-electron chi connectivity index (χ3n) is 4.36. The highest BCUT2D eigenvalue weighted by molar-refractivity contribution is 5.58. The fourth-order valence-corrected chi connectivity index (χ4v) is 3.23. The Hall–Kier alpha value is -1.26. The molecule has 4 heteroatoms. The Kier molecular flexibility index (Phi) is 4.36. The second kappa shape index (κ2) is 6.24. The van der Waals surface area contributed by atoms with Gasteiger partial charge in [0.25, 0.3) is 0 Å². The molecule has 21 heavy (non-hydrogen) atoms. The van der Waals surface area contributed by atoms with Gasteiger partial charge in [-0.1, -0.05) is 6.07 Å². The Morgan fingerprint density at radius 1 is 1.24 bits per heavy atom. The lowest BCUT2D eigenvalue weighted by atomic mass is 9.90. The molecule has 1 aliphatic heterocycles. The first-order valence-electron chi connectivity index (χ1n) is 7.99. The summed E-state index contributed by atoms with van der Waals surface area (Å²) < 4.78 is 17.3. The van der Waals surface area contributed by atoms with Crippen molar-refractivity contribution >= 4 is 5.69 Å². The van der Waals surface area contributed by atoms with Crippen molar-refractivity contribution in [1.29, 1.82) is 0 Å². The zero-order chi connectivity index (χ0) is 14.7. The molecule has 0 radical (unpaired) electrons. The molecule has 1 saturated carbocycles. The predicted molar refractivity (Wildman–Crippen MR) is 82.9 cm³/mol. The van der Waals surface area contributed by atoms with Crippen LogP contribution in [0.3, 0.4) is 0 Å². The molecule has 1 N–H and O–H groups in total. The van der Waals surface area contributed by atoms with Crippen molar-refractivity contribution in [1.82, 2.24) is 0 Å². The van der Waals surface area contributed by atoms with Gasteiger partial charge >= 0.3 is 0 Å². The molecule has 3 rings (SSSR count). The van der Waals surface area contributed by atoms with Crippen LogP contribution in [0.25, 0.3) is 0 Å². The van der Waals surface area contributed by atoms with Crippen LogP contribution in [0.4, 0.5) is 5.69 Å². The molecule has 2 fully saturated rings. The van der Waals surface area contributed by atoms with E-state index in [-0.39, 0.29) is 5.79 Å². The van der Waals surface area contributed by atoms with Crippen molar-refractivity contribution in [3.8, 4) is 5.75 Å². The van der Waals surface area contributed by atoms with E-state index in [0.29, 0.717) is 12.6 Å². The van der Waals surface area contributed by atoms with Gasteiger partial charge in [-0.05, 0) is 44.4 Å². The molecule has 0 unspecified atom stereocenters. The number of nitrogens with one attached hydrogen (secondary N) is 1. The average molecular weight is 291 g/mol. The standard InChI is InChI=1S/C17H25NO3/c1-3-19-16-12-13(2)4-5-15(16)18-14-6-8-17(9-7-14)20-10-11-21-17/h4-5,12,14,18H,3,6-11H2,1-2H3. The summed E-state index contributed by atoms with van der Waals surface area (Å²) in [6.45, 7) is 6.28. The van der Waals surface area contributed by atoms with E-state index in [4.69, 9.17) is 14.2 Å². The molecular formula is C17H25NO3. The molecule has 0 atom stereocenters. The van der Waals surface area contributed by atoms with E-state index < -0.39 is 0 Å². The van der Waals surface area contributed by atoms with Gasteiger partial charge < -0.3 is 19.5 Å². The number of rotatable bonds is 4. The highest BCUT2D eigenvalue weighted by Gasteiger charge is 2.40. The van der Waals surface area contributed by atoms with Crippen molar-refractivity contribution in [2.75, 3.05) is 25.1 Å². The molecule has 2 aliphatic rings. The van der Waals surface area contributed by atoms with Crippen LogP contribution in [0, 0.1) is 6.92 Å². The molecule has 1 heterocycles. The van der Waals surface area contributed by atoms with E-state index >= 15 is 0 Å². The number of benzene rings is 1. The van der Waals surface area contributed by atoms with Crippen LogP contribution in [0.5, 0.6) is 5.75 Å². The quantitative estimate of drug-likeness (QED) is 0.921. The van der Waals surface area contributed by atoms with Crippen molar-refractivity contribution in [3.63, 3.8) is 0 Å². The second-order valence-electron chi connectivity index (χ2n) is 5.96. The molecular weight excluding hydrogens is 266 g/mol. The van der Waals surface area contributed by atoms with Crippen molar-refractivity contribution in [3.05, 3.63) is 23.8 Å². The number of anilines is 1. The summed E-state index contributed by atoms with van der Waals surface area (Å²) in [5.41, 5.74) is 2.32. The molecule has 1 spiro atoms. The van der Waals surface area contributed by atoms with Gasteiger partial charge in [-0.3, -0.25) is 0 Å². The fourth-order valence-electron chi connectivity index (χ4n) is 3.23. The SMILES string of the molecule is CCOc1cc(C)ccc1NC1CCC2(CC1)OCCO2. The Balaban J connectivity index is 1.62. The van der Waals surface area contributed by atoms with Gasteiger partial charge in [-0.2, -0.15) is 0 Å². The summed E-state index contributed by atoms with van der Waals surface area (Å²) in [5.74, 6) is 0.667. The maximum Gasteiger partial charge on any atom is 0.168 e. The lowest BCUT2D eigenvalue weighted by molar-refractivity contribution is -0.177. The van der Waals surface area contributed by atoms with Gasteiger partial charge in [0.05, 0.1) is 25.5 Å². The van der Waals surface area contributed by atoms with Crippen LogP contribution in [0.1, 0.15) is 38.2 Å². The molecule has 0 amide bonds. The van der Waals surface area contributed by atoms with Crippen LogP contribution < -0.4 is 10.1 Å². The van der Waals surface area contributed by atoms with Crippen molar-refractivity contribution in [2.24, 2.45) is 0 Å². The second-order valence-corrected chi connectivity index (χ2v) is 5.96. The Labute approximate surface area is 126 Å². The summed E-state index contributed by atoms with van der Waals surface area (Å²) in [6, 6.07) is 6.80. The molecule has 1 aliphatic carbocycles. The molecule has 0 aromatic heterocycles. The van der Waals surface area contributed by atoms with Crippen LogP contribution in [0.15, 0.2) is 18.2 Å². The zero-order valence-electron chi connectivity index (χ0n) is 13.0. The van der Waals surface area contributed by atoms with Crippen LogP contribution in [-0.4, -0.2) is 31.6 Å². The minimum atomic E-state index is -0.284. The number of hydrogen-bond acceptors (Lipinski definition) is 4. The zero-order valence-corrected chi connectivity index (χ0v) is 13.0. The van der Waals surface area contributed by atoms with Gasteiger partial charge in [0.2, 0.25) is 0 Å². The van der Waals surface area contributed by atoms with Gasteiger partial charge in [-0.25, -0.2) is 0 Å². The number of hydrogen-bond donors (Lipinski definition) is 1. The maximum atomic E-state index is 5.78. The van der Waals surface area contributed by atoms with E-state index in [1.54, 1.807) is 0 Å². The average Bonchev–Trinajstić information content (AvgIpc) is 2.93. The van der Waals surface area contributed by atoms with Crippen LogP contribution in [-0.2, 0) is 9.47 Å². The van der Waals surface area contributed by atoms with Crippen molar-refractivity contribution < 1.29 is 14.2 Å². The smallest absolute Gasteiger partial charge is 0.168 e. The first kappa shape index (κ1) is 14.7. The summed E-state index contributed by atoms with van der Waals surface area (Å²) in [6.07, 6.45) is 4.08. The molecule has 4 nitrogen and oxygen atoms in total. The predicted octanol–water partition coefficient (Wildman–Crippen LogP) is 3.49. The lowest BCUT2D eigenvalue weighted by Gasteiger charge is -2.36. The Morgan fingerprint density at radius 2 is 1.95 bits per heavy atom. The maximum absolute atomic E-state index is 5.78. The van der Waals surface area contributed by atoms with Crippen LogP contribution in [0.2, 0.25) is 0 Å². The van der Waals surface area contributed by atoms with E-state index in [2.05, 4.69) is 30.4 Å². The molecule has 1 saturated heterocycles. The van der Waals surface area contributed by atoms with E-state index in [1.807, 2.05) is 6.92 Å². The van der Waals surface area contributed by atoms with Gasteiger partial charge in [0, 0.05) is 18.9 Å². The minimum absolute atomic E-state index is 0.284. The highest BCUT2D eigenvalue weighted by atomic mass is 16.7. The molecule has 116 valence electrons. The highest BCUT2D eigenvalue weighted by Crippen LogP contribution is 2.37. The lowest BCUT2D eigenvalue weighted by Crippen LogP contribution is -2.39. The molecule has 1 aromatic rings. The normalized spacial score (nSPS) is 21.6.